The van der Waals surface area contributed by atoms with Crippen molar-refractivity contribution < 1.29 is 18.7 Å². The third-order valence-corrected chi connectivity index (χ3v) is 5.62. The zero-order valence-corrected chi connectivity index (χ0v) is 15.8. The van der Waals surface area contributed by atoms with Gasteiger partial charge in [-0.1, -0.05) is 35.3 Å². The summed E-state index contributed by atoms with van der Waals surface area (Å²) in [7, 11) is 0. The zero-order valence-electron chi connectivity index (χ0n) is 14.3. The summed E-state index contributed by atoms with van der Waals surface area (Å²) in [6, 6.07) is 9.49. The van der Waals surface area contributed by atoms with Gasteiger partial charge in [0.25, 0.3) is 0 Å². The number of hydrogen-bond acceptors (Lipinski definition) is 3. The number of cyclic esters (lactones) is 1. The van der Waals surface area contributed by atoms with Crippen LogP contribution in [0.2, 0.25) is 10.0 Å². The fraction of sp³-hybridized carbons (Fsp3) is 0.200. The fourth-order valence-corrected chi connectivity index (χ4v) is 4.03. The van der Waals surface area contributed by atoms with E-state index in [9.17, 15) is 14.0 Å². The highest BCUT2D eigenvalue weighted by Crippen LogP contribution is 2.44. The molecule has 2 heterocycles. The Bertz CT molecular complexity index is 998. The highest BCUT2D eigenvalue weighted by Gasteiger charge is 2.44. The van der Waals surface area contributed by atoms with Crippen LogP contribution in [-0.4, -0.2) is 18.5 Å². The van der Waals surface area contributed by atoms with Gasteiger partial charge in [0.05, 0.1) is 17.0 Å². The number of anilines is 1. The van der Waals surface area contributed by atoms with Crippen molar-refractivity contribution in [3.05, 3.63) is 74.7 Å². The van der Waals surface area contributed by atoms with E-state index in [1.807, 2.05) is 6.92 Å². The molecule has 0 saturated heterocycles. The van der Waals surface area contributed by atoms with E-state index in [1.54, 1.807) is 18.2 Å². The minimum absolute atomic E-state index is 0.0615. The molecule has 4 nitrogen and oxygen atoms in total. The van der Waals surface area contributed by atoms with Crippen molar-refractivity contribution >= 4 is 40.8 Å². The molecule has 2 aromatic rings. The third-order valence-electron chi connectivity index (χ3n) is 4.88. The molecule has 0 fully saturated rings. The van der Waals surface area contributed by atoms with Gasteiger partial charge in [0.2, 0.25) is 5.91 Å². The van der Waals surface area contributed by atoms with Gasteiger partial charge in [-0.3, -0.25) is 9.69 Å². The summed E-state index contributed by atoms with van der Waals surface area (Å²) < 4.78 is 19.6. The first-order chi connectivity index (χ1) is 12.9. The van der Waals surface area contributed by atoms with Crippen LogP contribution in [0.3, 0.4) is 0 Å². The summed E-state index contributed by atoms with van der Waals surface area (Å²) in [5.41, 5.74) is 2.22. The van der Waals surface area contributed by atoms with E-state index in [4.69, 9.17) is 27.9 Å². The number of esters is 1. The topological polar surface area (TPSA) is 46.6 Å². The van der Waals surface area contributed by atoms with E-state index < -0.39 is 17.7 Å². The molecule has 0 radical (unpaired) electrons. The van der Waals surface area contributed by atoms with Gasteiger partial charge in [-0.2, -0.15) is 0 Å². The van der Waals surface area contributed by atoms with Crippen LogP contribution < -0.4 is 4.90 Å². The molecule has 7 heteroatoms. The van der Waals surface area contributed by atoms with Gasteiger partial charge in [-0.05, 0) is 36.8 Å². The number of carbonyl (C=O) groups is 2. The van der Waals surface area contributed by atoms with Crippen molar-refractivity contribution in [2.45, 2.75) is 19.3 Å². The van der Waals surface area contributed by atoms with Gasteiger partial charge >= 0.3 is 5.97 Å². The maximum absolute atomic E-state index is 14.5. The molecule has 2 aliphatic heterocycles. The summed E-state index contributed by atoms with van der Waals surface area (Å²) in [6.07, 6.45) is -0.0971. The summed E-state index contributed by atoms with van der Waals surface area (Å²) in [4.78, 5) is 26.8. The SMILES string of the molecule is Cc1ccc(N2C(=O)CC(c3c(F)cccc3Cl)C3=C2COC3=O)cc1Cl. The maximum atomic E-state index is 14.5. The van der Waals surface area contributed by atoms with Crippen molar-refractivity contribution in [1.82, 2.24) is 0 Å². The average Bonchev–Trinajstić information content (AvgIpc) is 2.99. The van der Waals surface area contributed by atoms with E-state index in [0.717, 1.165) is 5.56 Å². The number of ether oxygens (including phenoxy) is 1. The Morgan fingerprint density at radius 2 is 1.93 bits per heavy atom. The minimum Gasteiger partial charge on any atom is -0.456 e. The molecule has 0 N–H and O–H groups in total. The second-order valence-corrected chi connectivity index (χ2v) is 7.31. The molecule has 0 aromatic heterocycles. The lowest BCUT2D eigenvalue weighted by molar-refractivity contribution is -0.136. The van der Waals surface area contributed by atoms with Crippen LogP contribution in [0.5, 0.6) is 0 Å². The molecule has 138 valence electrons. The predicted octanol–water partition coefficient (Wildman–Crippen LogP) is 4.77. The largest absolute Gasteiger partial charge is 0.456 e. The van der Waals surface area contributed by atoms with E-state index >= 15 is 0 Å². The normalized spacial score (nSPS) is 19.4. The van der Waals surface area contributed by atoms with Gasteiger partial charge in [0.15, 0.2) is 0 Å². The molecular formula is C20H14Cl2FNO3. The molecular weight excluding hydrogens is 392 g/mol. The predicted molar refractivity (Wildman–Crippen MR) is 100 cm³/mol. The van der Waals surface area contributed by atoms with Crippen molar-refractivity contribution in [2.24, 2.45) is 0 Å². The van der Waals surface area contributed by atoms with Gasteiger partial charge in [-0.25, -0.2) is 9.18 Å². The smallest absolute Gasteiger partial charge is 0.336 e. The first kappa shape index (κ1) is 18.0. The Hall–Kier alpha value is -2.37. The fourth-order valence-electron chi connectivity index (χ4n) is 3.56. The number of carbonyl (C=O) groups excluding carboxylic acids is 2. The highest BCUT2D eigenvalue weighted by molar-refractivity contribution is 6.32. The lowest BCUT2D eigenvalue weighted by atomic mass is 9.83. The standard InChI is InChI=1S/C20H14Cl2FNO3/c1-10-5-6-11(7-14(10)22)24-16-9-27-20(26)19(16)12(8-17(24)25)18-13(21)3-2-4-15(18)23/h2-7,12H,8-9H2,1H3. The molecule has 4 rings (SSSR count). The van der Waals surface area contributed by atoms with E-state index in [0.29, 0.717) is 16.4 Å². The first-order valence-electron chi connectivity index (χ1n) is 8.31. The van der Waals surface area contributed by atoms with Crippen molar-refractivity contribution in [2.75, 3.05) is 11.5 Å². The number of nitrogens with zero attached hydrogens (tertiary/aromatic N) is 1. The van der Waals surface area contributed by atoms with E-state index in [2.05, 4.69) is 0 Å². The molecule has 0 aliphatic carbocycles. The molecule has 2 aliphatic rings. The molecule has 27 heavy (non-hydrogen) atoms. The highest BCUT2D eigenvalue weighted by atomic mass is 35.5. The number of amides is 1. The molecule has 2 aromatic carbocycles. The number of benzene rings is 2. The summed E-state index contributed by atoms with van der Waals surface area (Å²) in [5, 5.41) is 0.679. The molecule has 1 amide bonds. The second-order valence-electron chi connectivity index (χ2n) is 6.49. The van der Waals surface area contributed by atoms with Crippen LogP contribution in [0.15, 0.2) is 47.7 Å². The van der Waals surface area contributed by atoms with Crippen LogP contribution in [0.25, 0.3) is 0 Å². The van der Waals surface area contributed by atoms with E-state index in [-0.39, 0.29) is 35.1 Å². The lowest BCUT2D eigenvalue weighted by Crippen LogP contribution is -2.37. The Balaban J connectivity index is 1.88. The maximum Gasteiger partial charge on any atom is 0.336 e. The molecule has 0 saturated carbocycles. The van der Waals surface area contributed by atoms with Gasteiger partial charge < -0.3 is 4.74 Å². The van der Waals surface area contributed by atoms with Crippen LogP contribution in [0.4, 0.5) is 10.1 Å². The summed E-state index contributed by atoms with van der Waals surface area (Å²) in [6.45, 7) is 1.79. The monoisotopic (exact) mass is 405 g/mol. The van der Waals surface area contributed by atoms with Crippen molar-refractivity contribution in [3.63, 3.8) is 0 Å². The summed E-state index contributed by atoms with van der Waals surface area (Å²) in [5.74, 6) is -2.19. The Morgan fingerprint density at radius 3 is 2.63 bits per heavy atom. The van der Waals surface area contributed by atoms with Crippen molar-refractivity contribution in [1.29, 1.82) is 0 Å². The zero-order chi connectivity index (χ0) is 19.3. The number of hydrogen-bond donors (Lipinski definition) is 0. The molecule has 0 spiro atoms. The minimum atomic E-state index is -0.784. The van der Waals surface area contributed by atoms with Crippen LogP contribution in [0.1, 0.15) is 23.5 Å². The Morgan fingerprint density at radius 1 is 1.15 bits per heavy atom. The van der Waals surface area contributed by atoms with Crippen LogP contribution >= 0.6 is 23.2 Å². The van der Waals surface area contributed by atoms with Crippen LogP contribution in [0, 0.1) is 12.7 Å². The average molecular weight is 406 g/mol. The van der Waals surface area contributed by atoms with Gasteiger partial charge in [-0.15, -0.1) is 0 Å². The molecule has 1 unspecified atom stereocenters. The van der Waals surface area contributed by atoms with E-state index in [1.165, 1.54) is 23.1 Å². The lowest BCUT2D eigenvalue weighted by Gasteiger charge is -2.32. The number of rotatable bonds is 2. The number of aryl methyl sites for hydroxylation is 1. The summed E-state index contributed by atoms with van der Waals surface area (Å²) >= 11 is 12.4. The molecule has 0 bridgehead atoms. The van der Waals surface area contributed by atoms with Crippen molar-refractivity contribution in [3.8, 4) is 0 Å². The Kier molecular flexibility index (Phi) is 4.44. The van der Waals surface area contributed by atoms with Gasteiger partial charge in [0, 0.05) is 27.9 Å². The molecule has 1 atom stereocenters. The second kappa shape index (κ2) is 6.66. The Labute approximate surface area is 165 Å². The first-order valence-corrected chi connectivity index (χ1v) is 9.07. The van der Waals surface area contributed by atoms with Gasteiger partial charge in [0.1, 0.15) is 12.4 Å². The third kappa shape index (κ3) is 2.91. The quantitative estimate of drug-likeness (QED) is 0.675. The van der Waals surface area contributed by atoms with Crippen LogP contribution in [-0.2, 0) is 14.3 Å². The number of halogens is 3.